The Balaban J connectivity index is 3.10. The zero-order chi connectivity index (χ0) is 12.3. The van der Waals surface area contributed by atoms with E-state index in [9.17, 15) is 13.2 Å². The van der Waals surface area contributed by atoms with Gasteiger partial charge < -0.3 is 16.4 Å². The summed E-state index contributed by atoms with van der Waals surface area (Å²) in [5.74, 6) is -1.35. The summed E-state index contributed by atoms with van der Waals surface area (Å²) in [6, 6.07) is 0. The average Bonchev–Trinajstić information content (AvgIpc) is 2.60. The molecular weight excluding hydrogens is 221 g/mol. The average molecular weight is 236 g/mol. The van der Waals surface area contributed by atoms with Crippen molar-refractivity contribution in [2.24, 2.45) is 16.6 Å². The van der Waals surface area contributed by atoms with Gasteiger partial charge in [-0.3, -0.25) is 4.99 Å². The van der Waals surface area contributed by atoms with E-state index in [1.807, 2.05) is 0 Å². The lowest BCUT2D eigenvalue weighted by molar-refractivity contribution is -0.159. The first-order valence-corrected chi connectivity index (χ1v) is 4.93. The van der Waals surface area contributed by atoms with Gasteiger partial charge in [0.1, 0.15) is 17.6 Å². The Morgan fingerprint density at radius 2 is 2.25 bits per heavy atom. The van der Waals surface area contributed by atoms with Crippen molar-refractivity contribution >= 4 is 5.84 Å². The van der Waals surface area contributed by atoms with Crippen molar-refractivity contribution in [2.45, 2.75) is 13.1 Å². The second kappa shape index (κ2) is 4.63. The number of hydrogen-bond acceptors (Lipinski definition) is 3. The van der Waals surface area contributed by atoms with Crippen molar-refractivity contribution in [3.8, 4) is 0 Å². The van der Waals surface area contributed by atoms with Crippen LogP contribution in [0.15, 0.2) is 16.4 Å². The molecular formula is C9H15F3N4. The molecule has 0 aromatic carbocycles. The van der Waals surface area contributed by atoms with Crippen LogP contribution in [0.3, 0.4) is 0 Å². The summed E-state index contributed by atoms with van der Waals surface area (Å²) < 4.78 is 38.1. The van der Waals surface area contributed by atoms with E-state index in [0.717, 1.165) is 0 Å². The Labute approximate surface area is 91.8 Å². The molecule has 1 saturated heterocycles. The quantitative estimate of drug-likeness (QED) is 0.657. The second-order valence-corrected chi connectivity index (χ2v) is 3.40. The Hall–Kier alpha value is -1.40. The predicted octanol–water partition coefficient (Wildman–Crippen LogP) is 0.576. The minimum absolute atomic E-state index is 0.0110. The van der Waals surface area contributed by atoms with Crippen LogP contribution in [0.5, 0.6) is 0 Å². The van der Waals surface area contributed by atoms with Crippen molar-refractivity contribution in [2.75, 3.05) is 20.1 Å². The largest absolute Gasteiger partial charge is 0.397 e. The Kier molecular flexibility index (Phi) is 3.66. The predicted molar refractivity (Wildman–Crippen MR) is 55.8 cm³/mol. The van der Waals surface area contributed by atoms with E-state index < -0.39 is 12.1 Å². The molecule has 0 saturated carbocycles. The van der Waals surface area contributed by atoms with Crippen molar-refractivity contribution < 1.29 is 13.2 Å². The standard InChI is InChI=1S/C9H15F3N4/c1-3-15-7(13)6-5(9(10,11)12)4-16-8(6)14-2/h5,15H,3-4,13H2,1-2H3,(H,14,16)/b7-6+. The number of nitrogens with zero attached hydrogens (tertiary/aromatic N) is 1. The normalized spacial score (nSPS) is 26.8. The van der Waals surface area contributed by atoms with Crippen molar-refractivity contribution in [1.29, 1.82) is 0 Å². The molecule has 4 nitrogen and oxygen atoms in total. The summed E-state index contributed by atoms with van der Waals surface area (Å²) >= 11 is 0. The van der Waals surface area contributed by atoms with Gasteiger partial charge in [-0.2, -0.15) is 13.2 Å². The van der Waals surface area contributed by atoms with Gasteiger partial charge in [0, 0.05) is 25.7 Å². The molecule has 0 spiro atoms. The molecule has 1 aliphatic rings. The van der Waals surface area contributed by atoms with Gasteiger partial charge >= 0.3 is 6.18 Å². The SMILES string of the molecule is CCN/C(N)=C1/C(=N\C)NCC1C(F)(F)F. The van der Waals surface area contributed by atoms with Gasteiger partial charge in [0.15, 0.2) is 0 Å². The molecule has 1 atom stereocenters. The molecule has 0 bridgehead atoms. The molecule has 0 aromatic rings. The summed E-state index contributed by atoms with van der Waals surface area (Å²) in [6.45, 7) is 2.02. The third-order valence-corrected chi connectivity index (χ3v) is 2.35. The topological polar surface area (TPSA) is 62.4 Å². The molecule has 1 rings (SSSR count). The van der Waals surface area contributed by atoms with E-state index in [4.69, 9.17) is 5.73 Å². The maximum atomic E-state index is 12.7. The molecule has 0 radical (unpaired) electrons. The number of nitrogens with two attached hydrogens (primary N) is 1. The molecule has 1 aliphatic heterocycles. The highest BCUT2D eigenvalue weighted by molar-refractivity contribution is 6.01. The van der Waals surface area contributed by atoms with Crippen LogP contribution in [0, 0.1) is 5.92 Å². The molecule has 16 heavy (non-hydrogen) atoms. The second-order valence-electron chi connectivity index (χ2n) is 3.40. The monoisotopic (exact) mass is 236 g/mol. The van der Waals surface area contributed by atoms with Crippen molar-refractivity contribution in [3.05, 3.63) is 11.4 Å². The fourth-order valence-corrected chi connectivity index (χ4v) is 1.64. The third-order valence-electron chi connectivity index (χ3n) is 2.35. The van der Waals surface area contributed by atoms with Gasteiger partial charge in [-0.25, -0.2) is 0 Å². The van der Waals surface area contributed by atoms with E-state index >= 15 is 0 Å². The zero-order valence-corrected chi connectivity index (χ0v) is 9.15. The smallest absolute Gasteiger partial charge is 0.385 e. The van der Waals surface area contributed by atoms with Crippen LogP contribution in [0.4, 0.5) is 13.2 Å². The molecule has 92 valence electrons. The Morgan fingerprint density at radius 3 is 2.69 bits per heavy atom. The van der Waals surface area contributed by atoms with Gasteiger partial charge in [0.25, 0.3) is 0 Å². The van der Waals surface area contributed by atoms with Gasteiger partial charge in [0.05, 0.1) is 0 Å². The highest BCUT2D eigenvalue weighted by Gasteiger charge is 2.47. The number of nitrogens with one attached hydrogen (secondary N) is 2. The number of rotatable bonds is 2. The molecule has 1 heterocycles. The number of hydrogen-bond donors (Lipinski definition) is 3. The highest BCUT2D eigenvalue weighted by atomic mass is 19.4. The summed E-state index contributed by atoms with van der Waals surface area (Å²) in [5.41, 5.74) is 5.60. The van der Waals surface area contributed by atoms with Gasteiger partial charge in [-0.15, -0.1) is 0 Å². The minimum Gasteiger partial charge on any atom is -0.385 e. The molecule has 1 unspecified atom stereocenters. The van der Waals surface area contributed by atoms with Crippen LogP contribution in [-0.2, 0) is 0 Å². The lowest BCUT2D eigenvalue weighted by Gasteiger charge is -2.17. The summed E-state index contributed by atoms with van der Waals surface area (Å²) in [5, 5.41) is 5.29. The van der Waals surface area contributed by atoms with E-state index in [1.54, 1.807) is 6.92 Å². The molecule has 0 amide bonds. The van der Waals surface area contributed by atoms with E-state index in [0.29, 0.717) is 6.54 Å². The molecule has 1 fully saturated rings. The highest BCUT2D eigenvalue weighted by Crippen LogP contribution is 2.35. The molecule has 7 heteroatoms. The van der Waals surface area contributed by atoms with Gasteiger partial charge in [0.2, 0.25) is 0 Å². The van der Waals surface area contributed by atoms with Crippen LogP contribution in [0.2, 0.25) is 0 Å². The van der Waals surface area contributed by atoms with Crippen LogP contribution < -0.4 is 16.4 Å². The number of alkyl halides is 3. The summed E-state index contributed by atoms with van der Waals surface area (Å²) in [6.07, 6.45) is -4.31. The van der Waals surface area contributed by atoms with Crippen LogP contribution in [0.25, 0.3) is 0 Å². The fourth-order valence-electron chi connectivity index (χ4n) is 1.64. The van der Waals surface area contributed by atoms with E-state index in [1.165, 1.54) is 7.05 Å². The lowest BCUT2D eigenvalue weighted by atomic mass is 10.0. The first-order valence-electron chi connectivity index (χ1n) is 4.93. The number of halogens is 3. The lowest BCUT2D eigenvalue weighted by Crippen LogP contribution is -2.31. The fraction of sp³-hybridized carbons (Fsp3) is 0.667. The van der Waals surface area contributed by atoms with E-state index in [-0.39, 0.29) is 23.8 Å². The van der Waals surface area contributed by atoms with Crippen molar-refractivity contribution in [1.82, 2.24) is 10.6 Å². The first kappa shape index (κ1) is 12.7. The zero-order valence-electron chi connectivity index (χ0n) is 9.15. The molecule has 4 N–H and O–H groups in total. The van der Waals surface area contributed by atoms with Crippen LogP contribution >= 0.6 is 0 Å². The minimum atomic E-state index is -4.31. The molecule has 0 aliphatic carbocycles. The third kappa shape index (κ3) is 2.40. The Morgan fingerprint density at radius 1 is 1.62 bits per heavy atom. The number of amidine groups is 1. The summed E-state index contributed by atoms with van der Waals surface area (Å²) in [4.78, 5) is 3.76. The number of aliphatic imine (C=N–C) groups is 1. The van der Waals surface area contributed by atoms with Crippen LogP contribution in [0.1, 0.15) is 6.92 Å². The van der Waals surface area contributed by atoms with Gasteiger partial charge in [-0.1, -0.05) is 0 Å². The first-order chi connectivity index (χ1) is 7.41. The van der Waals surface area contributed by atoms with Gasteiger partial charge in [-0.05, 0) is 6.92 Å². The Bertz CT molecular complexity index is 319. The maximum Gasteiger partial charge on any atom is 0.397 e. The summed E-state index contributed by atoms with van der Waals surface area (Å²) in [7, 11) is 1.43. The maximum absolute atomic E-state index is 12.7. The van der Waals surface area contributed by atoms with E-state index in [2.05, 4.69) is 15.6 Å². The molecule has 0 aromatic heterocycles. The van der Waals surface area contributed by atoms with Crippen LogP contribution in [-0.4, -0.2) is 32.1 Å². The van der Waals surface area contributed by atoms with Crippen molar-refractivity contribution in [3.63, 3.8) is 0 Å².